The average Bonchev–Trinajstić information content (AvgIpc) is 0. The second kappa shape index (κ2) is 27.1. The molecule has 0 radical (unpaired) electrons. The first kappa shape index (κ1) is 41.6. The van der Waals surface area contributed by atoms with Crippen molar-refractivity contribution in [1.82, 2.24) is 0 Å². The summed E-state index contributed by atoms with van der Waals surface area (Å²) >= 11 is 0. The van der Waals surface area contributed by atoms with Gasteiger partial charge in [0.25, 0.3) is 0 Å². The summed E-state index contributed by atoms with van der Waals surface area (Å²) in [6.07, 6.45) is 0. The molecule has 0 rings (SSSR count). The van der Waals surface area contributed by atoms with E-state index in [0.29, 0.717) is 0 Å². The van der Waals surface area contributed by atoms with Gasteiger partial charge in [-0.25, -0.2) is 0 Å². The summed E-state index contributed by atoms with van der Waals surface area (Å²) in [5.74, 6) is 0. The Morgan fingerprint density at radius 2 is 0.800 bits per heavy atom. The van der Waals surface area contributed by atoms with Gasteiger partial charge in [0.15, 0.2) is 0 Å². The molecule has 0 aliphatic carbocycles. The fourth-order valence-electron chi connectivity index (χ4n) is 0. The molecule has 32 valence electrons. The zero-order chi connectivity index (χ0) is 0. The second-order valence-electron chi connectivity index (χ2n) is 0. The molecule has 5 heavy (non-hydrogen) atoms. The predicted molar refractivity (Wildman–Crippen MR) is 23.0 cm³/mol. The van der Waals surface area contributed by atoms with Crippen molar-refractivity contribution >= 4 is 41.9 Å². The van der Waals surface area contributed by atoms with E-state index in [2.05, 4.69) is 0 Å². The van der Waals surface area contributed by atoms with Crippen LogP contribution in [0, 0.1) is 0 Å². The minimum absolute atomic E-state index is 0. The first-order valence-corrected chi connectivity index (χ1v) is 0. The second-order valence-corrected chi connectivity index (χ2v) is 0. The summed E-state index contributed by atoms with van der Waals surface area (Å²) < 4.78 is 0. The van der Waals surface area contributed by atoms with E-state index >= 15 is 0 Å². The predicted octanol–water partition coefficient (Wildman–Crippen LogP) is -6.06. The van der Waals surface area contributed by atoms with Crippen LogP contribution in [0.5, 0.6) is 0 Å². The van der Waals surface area contributed by atoms with Crippen molar-refractivity contribution in [2.24, 2.45) is 0 Å². The van der Waals surface area contributed by atoms with Crippen LogP contribution in [0.2, 0.25) is 0 Å². The van der Waals surface area contributed by atoms with Crippen molar-refractivity contribution in [2.75, 3.05) is 0 Å². The van der Waals surface area contributed by atoms with Crippen LogP contribution in [0.4, 0.5) is 0 Å². The van der Waals surface area contributed by atoms with Gasteiger partial charge in [0.2, 0.25) is 0 Å². The zero-order valence-corrected chi connectivity index (χ0v) is 12.1. The monoisotopic (exact) mass is 274 g/mol. The van der Waals surface area contributed by atoms with Crippen LogP contribution in [0.15, 0.2) is 0 Å². The van der Waals surface area contributed by atoms with Crippen molar-refractivity contribution in [3.63, 3.8) is 0 Å². The molecular formula is H4Cl3RbSe. The van der Waals surface area contributed by atoms with Crippen LogP contribution in [-0.2, 0) is 0 Å². The van der Waals surface area contributed by atoms with Crippen LogP contribution in [-0.4, -0.2) is 17.1 Å². The molecule has 0 nitrogen and oxygen atoms in total. The maximum absolute atomic E-state index is 0. The van der Waals surface area contributed by atoms with Gasteiger partial charge < -0.3 is 12.4 Å². The Bertz CT molecular complexity index is 6.85. The molecule has 0 spiro atoms. The summed E-state index contributed by atoms with van der Waals surface area (Å²) in [5.41, 5.74) is 0. The van der Waals surface area contributed by atoms with Gasteiger partial charge >= 0.3 is 75.3 Å². The van der Waals surface area contributed by atoms with Gasteiger partial charge in [-0.05, 0) is 0 Å². The Balaban J connectivity index is 0. The van der Waals surface area contributed by atoms with Gasteiger partial charge in [0, 0.05) is 0 Å². The molecular weight excluding hydrogens is 271 g/mol. The molecule has 0 aromatic carbocycles. The molecule has 0 N–H and O–H groups in total. The molecule has 0 bridgehead atoms. The van der Waals surface area contributed by atoms with Gasteiger partial charge in [0.1, 0.15) is 0 Å². The summed E-state index contributed by atoms with van der Waals surface area (Å²) in [6, 6.07) is 0. The number of hydrogen-bond donors (Lipinski definition) is 0. The Hall–Kier alpha value is 3.19. The fraction of sp³-hybridized carbons (Fsp3) is 0. The first-order valence-electron chi connectivity index (χ1n) is 0. The molecule has 0 fully saturated rings. The van der Waals surface area contributed by atoms with Crippen molar-refractivity contribution in [3.8, 4) is 0 Å². The van der Waals surface area contributed by atoms with Gasteiger partial charge in [-0.3, -0.25) is 0 Å². The molecule has 0 atom stereocenters. The molecule has 5 heteroatoms. The van der Waals surface area contributed by atoms with Gasteiger partial charge in [0.05, 0.1) is 0 Å². The number of halogens is 3. The van der Waals surface area contributed by atoms with Gasteiger partial charge in [-0.15, -0.1) is 24.8 Å². The van der Waals surface area contributed by atoms with Gasteiger partial charge in [-0.1, -0.05) is 0 Å². The third kappa shape index (κ3) is 19.0. The molecule has 0 heterocycles. The van der Waals surface area contributed by atoms with Crippen LogP contribution in [0.1, 0.15) is 0 Å². The van der Waals surface area contributed by atoms with Crippen molar-refractivity contribution in [2.45, 2.75) is 0 Å². The molecule has 0 aromatic heterocycles. The van der Waals surface area contributed by atoms with E-state index in [9.17, 15) is 0 Å². The number of rotatable bonds is 0. The molecule has 0 saturated heterocycles. The summed E-state index contributed by atoms with van der Waals surface area (Å²) in [6.45, 7) is 0. The van der Waals surface area contributed by atoms with Crippen LogP contribution in [0.25, 0.3) is 0 Å². The summed E-state index contributed by atoms with van der Waals surface area (Å²) in [5, 5.41) is 0. The van der Waals surface area contributed by atoms with E-state index in [1.165, 1.54) is 0 Å². The van der Waals surface area contributed by atoms with Crippen LogP contribution >= 0.6 is 24.8 Å². The molecule has 0 aliphatic rings. The van der Waals surface area contributed by atoms with Gasteiger partial charge in [-0.2, -0.15) is 0 Å². The van der Waals surface area contributed by atoms with Crippen LogP contribution in [0.3, 0.4) is 0 Å². The van der Waals surface area contributed by atoms with E-state index in [4.69, 9.17) is 0 Å². The molecule has 0 aromatic rings. The van der Waals surface area contributed by atoms with Crippen molar-refractivity contribution < 1.29 is 70.6 Å². The van der Waals surface area contributed by atoms with E-state index in [-0.39, 0.29) is 112 Å². The Morgan fingerprint density at radius 3 is 0.800 bits per heavy atom. The maximum atomic E-state index is 0. The molecule has 0 aliphatic heterocycles. The van der Waals surface area contributed by atoms with E-state index in [1.54, 1.807) is 0 Å². The zero-order valence-electron chi connectivity index (χ0n) is 2.69. The molecule has 0 saturated carbocycles. The molecule has 0 unspecified atom stereocenters. The third-order valence-corrected chi connectivity index (χ3v) is 0. The quantitative estimate of drug-likeness (QED) is 0.386. The fourth-order valence-corrected chi connectivity index (χ4v) is 0. The number of hydrogen-bond acceptors (Lipinski definition) is 0. The Kier molecular flexibility index (Phi) is 225. The standard InChI is InChI=1S/3ClH.Rb.H2Se/h3*1H;;1H2/q;;;+1;/p-1. The van der Waals surface area contributed by atoms with E-state index < -0.39 is 0 Å². The molecule has 0 amide bonds. The first-order chi connectivity index (χ1) is 0. The normalized spacial score (nSPS) is 0. The average molecular weight is 275 g/mol. The van der Waals surface area contributed by atoms with E-state index in [0.717, 1.165) is 0 Å². The van der Waals surface area contributed by atoms with Crippen molar-refractivity contribution in [3.05, 3.63) is 0 Å². The van der Waals surface area contributed by atoms with Crippen LogP contribution < -0.4 is 70.6 Å². The minimum atomic E-state index is 0. The van der Waals surface area contributed by atoms with Crippen molar-refractivity contribution in [1.29, 1.82) is 0 Å². The Morgan fingerprint density at radius 1 is 0.800 bits per heavy atom. The third-order valence-electron chi connectivity index (χ3n) is 0. The SMILES string of the molecule is Cl.Cl.[Cl-].[Rb+].[SeH2]. The summed E-state index contributed by atoms with van der Waals surface area (Å²) in [7, 11) is 0. The summed E-state index contributed by atoms with van der Waals surface area (Å²) in [4.78, 5) is 0. The van der Waals surface area contributed by atoms with E-state index in [1.807, 2.05) is 0 Å². The topological polar surface area (TPSA) is 0 Å². The Labute approximate surface area is 110 Å².